The zero-order chi connectivity index (χ0) is 15.2. The molecule has 0 saturated heterocycles. The van der Waals surface area contributed by atoms with E-state index in [1.807, 2.05) is 32.0 Å². The third-order valence-electron chi connectivity index (χ3n) is 3.44. The van der Waals surface area contributed by atoms with E-state index in [0.29, 0.717) is 11.6 Å². The number of aryl methyl sites for hydroxylation is 3. The summed E-state index contributed by atoms with van der Waals surface area (Å²) in [6.45, 7) is 4.77. The van der Waals surface area contributed by atoms with Crippen LogP contribution in [0.3, 0.4) is 0 Å². The van der Waals surface area contributed by atoms with Gasteiger partial charge in [-0.1, -0.05) is 42.5 Å². The molecule has 0 aliphatic rings. The Morgan fingerprint density at radius 2 is 1.71 bits per heavy atom. The monoisotopic (exact) mass is 299 g/mol. The average Bonchev–Trinajstić information content (AvgIpc) is 2.46. The molecule has 0 aliphatic heterocycles. The fraction of sp³-hybridized carbons (Fsp3) is 0.278. The third kappa shape index (κ3) is 4.30. The van der Waals surface area contributed by atoms with Crippen LogP contribution in [0.5, 0.6) is 5.75 Å². The summed E-state index contributed by atoms with van der Waals surface area (Å²) in [4.78, 5) is 0.428. The predicted octanol–water partition coefficient (Wildman–Crippen LogP) is 3.95. The molecule has 21 heavy (non-hydrogen) atoms. The van der Waals surface area contributed by atoms with Crippen molar-refractivity contribution in [3.63, 3.8) is 0 Å². The molecule has 0 spiro atoms. The molecule has 0 heterocycles. The quantitative estimate of drug-likeness (QED) is 0.648. The van der Waals surface area contributed by atoms with E-state index in [0.717, 1.165) is 35.3 Å². The number of hydrogen-bond acceptors (Lipinski definition) is 2. The van der Waals surface area contributed by atoms with Crippen LogP contribution in [0.2, 0.25) is 0 Å². The van der Waals surface area contributed by atoms with Crippen molar-refractivity contribution in [2.75, 3.05) is 6.61 Å². The number of ether oxygens (including phenoxy) is 1. The van der Waals surface area contributed by atoms with Gasteiger partial charge < -0.3 is 10.5 Å². The van der Waals surface area contributed by atoms with E-state index < -0.39 is 0 Å². The zero-order valence-corrected chi connectivity index (χ0v) is 13.4. The molecule has 0 fully saturated rings. The molecule has 110 valence electrons. The normalized spacial score (nSPS) is 10.4. The van der Waals surface area contributed by atoms with E-state index in [1.165, 1.54) is 5.56 Å². The molecule has 2 aromatic rings. The van der Waals surface area contributed by atoms with Crippen molar-refractivity contribution in [1.29, 1.82) is 0 Å². The number of nitrogens with two attached hydrogens (primary N) is 1. The van der Waals surface area contributed by atoms with Crippen LogP contribution >= 0.6 is 12.2 Å². The van der Waals surface area contributed by atoms with Gasteiger partial charge in [-0.2, -0.15) is 0 Å². The van der Waals surface area contributed by atoms with Crippen LogP contribution in [0.25, 0.3) is 0 Å². The van der Waals surface area contributed by atoms with Gasteiger partial charge in [-0.05, 0) is 55.5 Å². The van der Waals surface area contributed by atoms with Crippen LogP contribution in [0.15, 0.2) is 42.5 Å². The molecule has 2 nitrogen and oxygen atoms in total. The summed E-state index contributed by atoms with van der Waals surface area (Å²) in [5, 5.41) is 0. The molecule has 0 saturated carbocycles. The lowest BCUT2D eigenvalue weighted by Gasteiger charge is -2.14. The molecular weight excluding hydrogens is 278 g/mol. The lowest BCUT2D eigenvalue weighted by atomic mass is 10.1. The van der Waals surface area contributed by atoms with E-state index in [4.69, 9.17) is 22.7 Å². The van der Waals surface area contributed by atoms with Gasteiger partial charge in [0.15, 0.2) is 0 Å². The number of thiocarbonyl (C=S) groups is 1. The van der Waals surface area contributed by atoms with Gasteiger partial charge in [-0.15, -0.1) is 0 Å². The Hall–Kier alpha value is -1.87. The first-order valence-electron chi connectivity index (χ1n) is 7.15. The van der Waals surface area contributed by atoms with Crippen molar-refractivity contribution in [2.24, 2.45) is 5.73 Å². The third-order valence-corrected chi connectivity index (χ3v) is 3.68. The summed E-state index contributed by atoms with van der Waals surface area (Å²) in [6, 6.07) is 14.4. The fourth-order valence-corrected chi connectivity index (χ4v) is 2.53. The summed E-state index contributed by atoms with van der Waals surface area (Å²) >= 11 is 5.02. The Balaban J connectivity index is 1.93. The van der Waals surface area contributed by atoms with Gasteiger partial charge in [0.1, 0.15) is 10.7 Å². The first-order valence-corrected chi connectivity index (χ1v) is 7.56. The van der Waals surface area contributed by atoms with Crippen molar-refractivity contribution >= 4 is 17.2 Å². The van der Waals surface area contributed by atoms with Crippen LogP contribution in [0.1, 0.15) is 28.7 Å². The number of hydrogen-bond donors (Lipinski definition) is 1. The molecule has 0 unspecified atom stereocenters. The topological polar surface area (TPSA) is 35.2 Å². The van der Waals surface area contributed by atoms with Crippen LogP contribution in [-0.4, -0.2) is 11.6 Å². The van der Waals surface area contributed by atoms with Gasteiger partial charge >= 0.3 is 0 Å². The Morgan fingerprint density at radius 1 is 1.10 bits per heavy atom. The van der Waals surface area contributed by atoms with E-state index in [-0.39, 0.29) is 0 Å². The molecule has 2 rings (SSSR count). The van der Waals surface area contributed by atoms with E-state index in [9.17, 15) is 0 Å². The minimum absolute atomic E-state index is 0.428. The maximum atomic E-state index is 5.94. The molecule has 0 bridgehead atoms. The first-order chi connectivity index (χ1) is 10.1. The number of benzene rings is 2. The standard InChI is InChI=1S/C18H21NOS/c1-13-11-16(18(19)21)12-14(2)17(13)20-10-6-9-15-7-4-3-5-8-15/h3-5,7-8,11-12H,6,9-10H2,1-2H3,(H2,19,21). The smallest absolute Gasteiger partial charge is 0.125 e. The van der Waals surface area contributed by atoms with Crippen molar-refractivity contribution in [1.82, 2.24) is 0 Å². The molecule has 0 aliphatic carbocycles. The van der Waals surface area contributed by atoms with Crippen molar-refractivity contribution in [2.45, 2.75) is 26.7 Å². The lowest BCUT2D eigenvalue weighted by Crippen LogP contribution is -2.11. The lowest BCUT2D eigenvalue weighted by molar-refractivity contribution is 0.307. The van der Waals surface area contributed by atoms with Crippen molar-refractivity contribution in [3.8, 4) is 5.75 Å². The molecule has 2 aromatic carbocycles. The average molecular weight is 299 g/mol. The summed E-state index contributed by atoms with van der Waals surface area (Å²) in [5.74, 6) is 0.947. The predicted molar refractivity (Wildman–Crippen MR) is 92.1 cm³/mol. The minimum atomic E-state index is 0.428. The highest BCUT2D eigenvalue weighted by Gasteiger charge is 2.07. The number of rotatable bonds is 6. The highest BCUT2D eigenvalue weighted by atomic mass is 32.1. The SMILES string of the molecule is Cc1cc(C(N)=S)cc(C)c1OCCCc1ccccc1. The molecule has 0 aromatic heterocycles. The molecular formula is C18H21NOS. The Labute approximate surface area is 131 Å². The second-order valence-electron chi connectivity index (χ2n) is 5.24. The van der Waals surface area contributed by atoms with Gasteiger partial charge in [0, 0.05) is 5.56 Å². The van der Waals surface area contributed by atoms with E-state index >= 15 is 0 Å². The summed E-state index contributed by atoms with van der Waals surface area (Å²) in [5.41, 5.74) is 10.1. The van der Waals surface area contributed by atoms with Gasteiger partial charge in [-0.25, -0.2) is 0 Å². The maximum absolute atomic E-state index is 5.94. The molecule has 0 radical (unpaired) electrons. The maximum Gasteiger partial charge on any atom is 0.125 e. The van der Waals surface area contributed by atoms with Crippen LogP contribution < -0.4 is 10.5 Å². The second kappa shape index (κ2) is 7.23. The van der Waals surface area contributed by atoms with Crippen molar-refractivity contribution in [3.05, 3.63) is 64.7 Å². The van der Waals surface area contributed by atoms with Gasteiger partial charge in [0.05, 0.1) is 6.61 Å². The van der Waals surface area contributed by atoms with Gasteiger partial charge in [-0.3, -0.25) is 0 Å². The highest BCUT2D eigenvalue weighted by molar-refractivity contribution is 7.80. The highest BCUT2D eigenvalue weighted by Crippen LogP contribution is 2.25. The fourth-order valence-electron chi connectivity index (χ4n) is 2.42. The van der Waals surface area contributed by atoms with Crippen LogP contribution in [0, 0.1) is 13.8 Å². The molecule has 0 atom stereocenters. The Kier molecular flexibility index (Phi) is 5.34. The van der Waals surface area contributed by atoms with Crippen molar-refractivity contribution < 1.29 is 4.74 Å². The first kappa shape index (κ1) is 15.5. The zero-order valence-electron chi connectivity index (χ0n) is 12.6. The summed E-state index contributed by atoms with van der Waals surface area (Å²) in [7, 11) is 0. The van der Waals surface area contributed by atoms with Gasteiger partial charge in [0.25, 0.3) is 0 Å². The van der Waals surface area contributed by atoms with E-state index in [1.54, 1.807) is 0 Å². The van der Waals surface area contributed by atoms with E-state index in [2.05, 4.69) is 24.3 Å². The second-order valence-corrected chi connectivity index (χ2v) is 5.68. The van der Waals surface area contributed by atoms with Gasteiger partial charge in [0.2, 0.25) is 0 Å². The minimum Gasteiger partial charge on any atom is -0.493 e. The summed E-state index contributed by atoms with van der Waals surface area (Å²) in [6.07, 6.45) is 2.03. The Morgan fingerprint density at radius 3 is 2.29 bits per heavy atom. The molecule has 3 heteroatoms. The van der Waals surface area contributed by atoms with Crippen LogP contribution in [-0.2, 0) is 6.42 Å². The largest absolute Gasteiger partial charge is 0.493 e. The molecule has 0 amide bonds. The Bertz CT molecular complexity index is 599. The molecule has 2 N–H and O–H groups in total. The summed E-state index contributed by atoms with van der Waals surface area (Å²) < 4.78 is 5.94. The van der Waals surface area contributed by atoms with Crippen LogP contribution in [0.4, 0.5) is 0 Å².